The predicted molar refractivity (Wildman–Crippen MR) is 162 cm³/mol. The predicted octanol–water partition coefficient (Wildman–Crippen LogP) is 3.29. The van der Waals surface area contributed by atoms with Gasteiger partial charge in [0.1, 0.15) is 11.5 Å². The first-order valence-electron chi connectivity index (χ1n) is 13.9. The lowest BCUT2D eigenvalue weighted by molar-refractivity contribution is -0.138. The molecule has 1 fully saturated rings. The van der Waals surface area contributed by atoms with E-state index in [1.54, 1.807) is 24.7 Å². The summed E-state index contributed by atoms with van der Waals surface area (Å²) in [7, 11) is 3.70. The van der Waals surface area contributed by atoms with Gasteiger partial charge in [0.05, 0.1) is 35.6 Å². The summed E-state index contributed by atoms with van der Waals surface area (Å²) in [5.41, 5.74) is 1.98. The average Bonchev–Trinajstić information content (AvgIpc) is 3.61. The fourth-order valence-corrected chi connectivity index (χ4v) is 6.29. The maximum atomic E-state index is 14.1. The van der Waals surface area contributed by atoms with Crippen molar-refractivity contribution in [1.29, 1.82) is 0 Å². The van der Waals surface area contributed by atoms with Crippen LogP contribution < -0.4 is 24.5 Å². The third-order valence-electron chi connectivity index (χ3n) is 7.48. The molecule has 10 heteroatoms. The van der Waals surface area contributed by atoms with Gasteiger partial charge in [-0.1, -0.05) is 53.8 Å². The Hall–Kier alpha value is -4.41. The number of anilines is 1. The van der Waals surface area contributed by atoms with Crippen molar-refractivity contribution in [3.05, 3.63) is 109 Å². The van der Waals surface area contributed by atoms with Crippen molar-refractivity contribution in [2.24, 2.45) is 4.99 Å². The molecule has 1 atom stereocenters. The molecule has 2 aliphatic heterocycles. The molecule has 4 aromatic rings. The first-order valence-corrected chi connectivity index (χ1v) is 14.7. The lowest BCUT2D eigenvalue weighted by Crippen LogP contribution is -2.44. The van der Waals surface area contributed by atoms with Crippen LogP contribution in [0.4, 0.5) is 5.88 Å². The molecule has 0 spiro atoms. The lowest BCUT2D eigenvalue weighted by Gasteiger charge is -2.32. The fourth-order valence-electron chi connectivity index (χ4n) is 5.31. The van der Waals surface area contributed by atoms with E-state index in [4.69, 9.17) is 18.9 Å². The van der Waals surface area contributed by atoms with Gasteiger partial charge in [-0.15, -0.1) is 0 Å². The number of furan rings is 1. The number of ether oxygens (including phenoxy) is 2. The van der Waals surface area contributed by atoms with Crippen LogP contribution in [-0.2, 0) is 9.53 Å². The van der Waals surface area contributed by atoms with Gasteiger partial charge in [-0.2, -0.15) is 0 Å². The number of hydrogen-bond acceptors (Lipinski definition) is 9. The molecule has 0 radical (unpaired) electrons. The van der Waals surface area contributed by atoms with Crippen molar-refractivity contribution in [2.45, 2.75) is 13.0 Å². The minimum Gasteiger partial charge on any atom is -0.497 e. The smallest absolute Gasteiger partial charge is 0.338 e. The third kappa shape index (κ3) is 5.31. The van der Waals surface area contributed by atoms with E-state index in [1.165, 1.54) is 11.3 Å². The molecule has 0 bridgehead atoms. The molecule has 2 aromatic carbocycles. The van der Waals surface area contributed by atoms with E-state index in [1.807, 2.05) is 66.7 Å². The number of likely N-dealkylation sites (N-methyl/N-ethyl adjacent to an activating group) is 1. The number of hydrogen-bond donors (Lipinski definition) is 0. The SMILES string of the molecule is CCOC(=O)C1=C(c2ccccc2)N=c2s/c(=C\c3ccc(N4CCN(C)CC4)o3)c(=O)n2C1c1cccc(OC)c1. The van der Waals surface area contributed by atoms with E-state index in [-0.39, 0.29) is 12.2 Å². The number of thiazole rings is 1. The van der Waals surface area contributed by atoms with Gasteiger partial charge in [-0.05, 0) is 37.7 Å². The van der Waals surface area contributed by atoms with E-state index in [9.17, 15) is 9.59 Å². The van der Waals surface area contributed by atoms with Crippen LogP contribution in [0.2, 0.25) is 0 Å². The second-order valence-corrected chi connectivity index (χ2v) is 11.2. The van der Waals surface area contributed by atoms with E-state index in [0.717, 1.165) is 37.6 Å². The molecule has 2 aromatic heterocycles. The van der Waals surface area contributed by atoms with Gasteiger partial charge in [0.2, 0.25) is 0 Å². The number of rotatable bonds is 7. The van der Waals surface area contributed by atoms with Crippen LogP contribution in [0.5, 0.6) is 5.75 Å². The molecular weight excluding hydrogens is 552 g/mol. The summed E-state index contributed by atoms with van der Waals surface area (Å²) in [6.45, 7) is 5.64. The molecule has 0 amide bonds. The summed E-state index contributed by atoms with van der Waals surface area (Å²) in [6.07, 6.45) is 1.75. The molecule has 0 aliphatic carbocycles. The number of carbonyl (C=O) groups is 1. The topological polar surface area (TPSA) is 89.5 Å². The maximum absolute atomic E-state index is 14.1. The van der Waals surface area contributed by atoms with Crippen molar-refractivity contribution in [3.8, 4) is 5.75 Å². The lowest BCUT2D eigenvalue weighted by atomic mass is 9.93. The molecule has 2 aliphatic rings. The summed E-state index contributed by atoms with van der Waals surface area (Å²) in [5, 5.41) is 0. The van der Waals surface area contributed by atoms with E-state index >= 15 is 0 Å². The van der Waals surface area contributed by atoms with Gasteiger partial charge in [0.25, 0.3) is 5.56 Å². The quantitative estimate of drug-likeness (QED) is 0.308. The van der Waals surface area contributed by atoms with Gasteiger partial charge >= 0.3 is 5.97 Å². The summed E-state index contributed by atoms with van der Waals surface area (Å²) in [6, 6.07) is 19.9. The van der Waals surface area contributed by atoms with Crippen LogP contribution in [0.25, 0.3) is 11.8 Å². The highest BCUT2D eigenvalue weighted by atomic mass is 32.1. The van der Waals surface area contributed by atoms with Gasteiger partial charge in [-0.3, -0.25) is 9.36 Å². The second kappa shape index (κ2) is 11.8. The number of carbonyl (C=O) groups excluding carboxylic acids is 1. The second-order valence-electron chi connectivity index (χ2n) is 10.2. The van der Waals surface area contributed by atoms with E-state index < -0.39 is 12.0 Å². The highest BCUT2D eigenvalue weighted by molar-refractivity contribution is 7.07. The number of piperazine rings is 1. The van der Waals surface area contributed by atoms with Crippen LogP contribution in [0.15, 0.2) is 86.5 Å². The van der Waals surface area contributed by atoms with Crippen molar-refractivity contribution >= 4 is 35.0 Å². The third-order valence-corrected chi connectivity index (χ3v) is 8.47. The van der Waals surface area contributed by atoms with Crippen LogP contribution in [-0.4, -0.2) is 62.4 Å². The molecular formula is C32H32N4O5S. The van der Waals surface area contributed by atoms with Crippen molar-refractivity contribution in [1.82, 2.24) is 9.47 Å². The van der Waals surface area contributed by atoms with E-state index in [0.29, 0.717) is 37.7 Å². The minimum absolute atomic E-state index is 0.188. The normalized spacial score (nSPS) is 17.6. The van der Waals surface area contributed by atoms with E-state index in [2.05, 4.69) is 16.8 Å². The van der Waals surface area contributed by atoms with Gasteiger partial charge in [0.15, 0.2) is 10.7 Å². The Labute approximate surface area is 247 Å². The Morgan fingerprint density at radius 2 is 1.86 bits per heavy atom. The van der Waals surface area contributed by atoms with Crippen molar-refractivity contribution in [2.75, 3.05) is 51.8 Å². The summed E-state index contributed by atoms with van der Waals surface area (Å²) in [5.74, 6) is 1.46. The van der Waals surface area contributed by atoms with Crippen LogP contribution >= 0.6 is 11.3 Å². The number of benzene rings is 2. The molecule has 4 heterocycles. The zero-order chi connectivity index (χ0) is 29.2. The maximum Gasteiger partial charge on any atom is 0.338 e. The van der Waals surface area contributed by atoms with Gasteiger partial charge < -0.3 is 23.7 Å². The summed E-state index contributed by atoms with van der Waals surface area (Å²) < 4.78 is 19.2. The van der Waals surface area contributed by atoms with Crippen LogP contribution in [0, 0.1) is 0 Å². The Bertz CT molecular complexity index is 1810. The molecule has 42 heavy (non-hydrogen) atoms. The molecule has 6 rings (SSSR count). The Morgan fingerprint density at radius 3 is 2.60 bits per heavy atom. The Balaban J connectivity index is 1.52. The first-order chi connectivity index (χ1) is 20.5. The van der Waals surface area contributed by atoms with Crippen LogP contribution in [0.1, 0.15) is 29.9 Å². The first kappa shape index (κ1) is 27.7. The summed E-state index contributed by atoms with van der Waals surface area (Å²) in [4.78, 5) is 37.6. The standard InChI is InChI=1S/C32H32N4O5S/c1-4-40-31(38)27-28(21-9-6-5-7-10-21)33-32-36(29(27)22-11-8-12-23(19-22)39-3)30(37)25(42-32)20-24-13-14-26(41-24)35-17-15-34(2)16-18-35/h5-14,19-20,29H,4,15-18H2,1-3H3/b25-20-. The number of aromatic nitrogens is 1. The highest BCUT2D eigenvalue weighted by Gasteiger charge is 2.35. The molecule has 216 valence electrons. The Kier molecular flexibility index (Phi) is 7.82. The Morgan fingerprint density at radius 1 is 1.07 bits per heavy atom. The number of methoxy groups -OCH3 is 1. The highest BCUT2D eigenvalue weighted by Crippen LogP contribution is 2.36. The number of fused-ring (bicyclic) bond motifs is 1. The zero-order valence-corrected chi connectivity index (χ0v) is 24.6. The largest absolute Gasteiger partial charge is 0.497 e. The van der Waals surface area contributed by atoms with Crippen LogP contribution in [0.3, 0.4) is 0 Å². The number of esters is 1. The van der Waals surface area contributed by atoms with Gasteiger partial charge in [-0.25, -0.2) is 9.79 Å². The monoisotopic (exact) mass is 584 g/mol. The number of nitrogens with zero attached hydrogens (tertiary/aromatic N) is 4. The molecule has 1 saturated heterocycles. The van der Waals surface area contributed by atoms with Crippen molar-refractivity contribution in [3.63, 3.8) is 0 Å². The molecule has 0 N–H and O–H groups in total. The average molecular weight is 585 g/mol. The molecule has 1 unspecified atom stereocenters. The fraction of sp³-hybridized carbons (Fsp3) is 0.281. The zero-order valence-electron chi connectivity index (χ0n) is 23.8. The molecule has 0 saturated carbocycles. The van der Waals surface area contributed by atoms with Gasteiger partial charge in [0, 0.05) is 43.9 Å². The minimum atomic E-state index is -0.773. The molecule has 9 nitrogen and oxygen atoms in total. The summed E-state index contributed by atoms with van der Waals surface area (Å²) >= 11 is 1.27. The van der Waals surface area contributed by atoms with Crippen molar-refractivity contribution < 1.29 is 18.7 Å².